The molecule has 148 valence electrons. The van der Waals surface area contributed by atoms with Gasteiger partial charge in [-0.1, -0.05) is 11.6 Å². The van der Waals surface area contributed by atoms with Crippen molar-refractivity contribution in [1.82, 2.24) is 15.1 Å². The summed E-state index contributed by atoms with van der Waals surface area (Å²) < 4.78 is 5.28. The number of halogens is 1. The second-order valence-corrected chi connectivity index (χ2v) is 7.60. The average molecular weight is 395 g/mol. The summed E-state index contributed by atoms with van der Waals surface area (Å²) in [6, 6.07) is 5.25. The zero-order valence-corrected chi connectivity index (χ0v) is 16.6. The molecule has 0 aromatic heterocycles. The monoisotopic (exact) mass is 394 g/mol. The van der Waals surface area contributed by atoms with Crippen LogP contribution in [0.15, 0.2) is 18.2 Å². The lowest BCUT2D eigenvalue weighted by Gasteiger charge is -2.37. The topological polar surface area (TPSA) is 73.9 Å². The Bertz CT molecular complexity index is 688. The first-order chi connectivity index (χ1) is 13.0. The van der Waals surface area contributed by atoms with Crippen LogP contribution in [-0.4, -0.2) is 73.5 Å². The van der Waals surface area contributed by atoms with E-state index in [1.165, 1.54) is 0 Å². The summed E-state index contributed by atoms with van der Waals surface area (Å²) in [6.45, 7) is 5.37. The fourth-order valence-corrected chi connectivity index (χ4v) is 3.37. The number of benzene rings is 1. The van der Waals surface area contributed by atoms with Crippen LogP contribution in [0, 0.1) is 0 Å². The molecule has 1 aromatic carbocycles. The van der Waals surface area contributed by atoms with Crippen molar-refractivity contribution in [2.45, 2.75) is 31.8 Å². The van der Waals surface area contributed by atoms with Crippen LogP contribution in [0.4, 0.5) is 5.69 Å². The van der Waals surface area contributed by atoms with Crippen LogP contribution in [0.1, 0.15) is 19.8 Å². The van der Waals surface area contributed by atoms with Gasteiger partial charge in [0.2, 0.25) is 11.8 Å². The molecule has 0 spiro atoms. The SMILES string of the molecule is COc1ccc(Cl)cc1NC(=O)C(C)N1CCN(CC(=O)NC2CC2)CC1. The molecule has 1 aliphatic heterocycles. The number of methoxy groups -OCH3 is 1. The van der Waals surface area contributed by atoms with E-state index in [1.807, 2.05) is 6.92 Å². The third kappa shape index (κ3) is 5.57. The van der Waals surface area contributed by atoms with Gasteiger partial charge >= 0.3 is 0 Å². The van der Waals surface area contributed by atoms with Crippen molar-refractivity contribution >= 4 is 29.1 Å². The van der Waals surface area contributed by atoms with E-state index in [0.717, 1.165) is 39.0 Å². The maximum Gasteiger partial charge on any atom is 0.241 e. The van der Waals surface area contributed by atoms with Crippen molar-refractivity contribution in [2.75, 3.05) is 45.2 Å². The Morgan fingerprint density at radius 2 is 1.96 bits per heavy atom. The highest BCUT2D eigenvalue weighted by molar-refractivity contribution is 6.31. The Morgan fingerprint density at radius 1 is 1.26 bits per heavy atom. The Labute approximate surface area is 165 Å². The zero-order valence-electron chi connectivity index (χ0n) is 15.8. The molecule has 1 unspecified atom stereocenters. The zero-order chi connectivity index (χ0) is 19.4. The molecule has 27 heavy (non-hydrogen) atoms. The highest BCUT2D eigenvalue weighted by Crippen LogP contribution is 2.28. The fourth-order valence-electron chi connectivity index (χ4n) is 3.19. The summed E-state index contributed by atoms with van der Waals surface area (Å²) in [4.78, 5) is 28.8. The lowest BCUT2D eigenvalue weighted by atomic mass is 10.2. The molecule has 8 heteroatoms. The molecule has 1 saturated carbocycles. The van der Waals surface area contributed by atoms with E-state index in [0.29, 0.717) is 29.0 Å². The van der Waals surface area contributed by atoms with Crippen LogP contribution in [0.25, 0.3) is 0 Å². The van der Waals surface area contributed by atoms with Crippen LogP contribution in [0.2, 0.25) is 5.02 Å². The van der Waals surface area contributed by atoms with Crippen LogP contribution in [0.5, 0.6) is 5.75 Å². The Kier molecular flexibility index (Phi) is 6.57. The predicted molar refractivity (Wildman–Crippen MR) is 105 cm³/mol. The van der Waals surface area contributed by atoms with Gasteiger partial charge < -0.3 is 15.4 Å². The van der Waals surface area contributed by atoms with E-state index in [4.69, 9.17) is 16.3 Å². The fraction of sp³-hybridized carbons (Fsp3) is 0.579. The van der Waals surface area contributed by atoms with Gasteiger partial charge in [0.25, 0.3) is 0 Å². The molecule has 1 aliphatic carbocycles. The van der Waals surface area contributed by atoms with Gasteiger partial charge in [0.1, 0.15) is 5.75 Å². The molecule has 1 saturated heterocycles. The molecule has 1 atom stereocenters. The van der Waals surface area contributed by atoms with Gasteiger partial charge in [-0.05, 0) is 38.0 Å². The molecular formula is C19H27ClN4O3. The number of rotatable bonds is 7. The van der Waals surface area contributed by atoms with Crippen molar-refractivity contribution in [3.05, 3.63) is 23.2 Å². The minimum Gasteiger partial charge on any atom is -0.495 e. The number of piperazine rings is 1. The first kappa shape index (κ1) is 19.9. The summed E-state index contributed by atoms with van der Waals surface area (Å²) in [6.07, 6.45) is 2.20. The second-order valence-electron chi connectivity index (χ2n) is 7.16. The summed E-state index contributed by atoms with van der Waals surface area (Å²) in [5, 5.41) is 6.46. The minimum atomic E-state index is -0.281. The van der Waals surface area contributed by atoms with Crippen molar-refractivity contribution in [1.29, 1.82) is 0 Å². The minimum absolute atomic E-state index is 0.101. The second kappa shape index (κ2) is 8.91. The molecule has 2 fully saturated rings. The number of nitrogens with zero attached hydrogens (tertiary/aromatic N) is 2. The van der Waals surface area contributed by atoms with Crippen LogP contribution >= 0.6 is 11.6 Å². The van der Waals surface area contributed by atoms with Crippen molar-refractivity contribution in [2.24, 2.45) is 0 Å². The van der Waals surface area contributed by atoms with Crippen molar-refractivity contribution < 1.29 is 14.3 Å². The van der Waals surface area contributed by atoms with Gasteiger partial charge in [0.15, 0.2) is 0 Å². The van der Waals surface area contributed by atoms with Crippen LogP contribution in [0.3, 0.4) is 0 Å². The first-order valence-electron chi connectivity index (χ1n) is 9.36. The molecule has 1 aromatic rings. The quantitative estimate of drug-likeness (QED) is 0.734. The Hall–Kier alpha value is -1.83. The molecule has 2 amide bonds. The number of carbonyl (C=O) groups excluding carboxylic acids is 2. The molecule has 3 rings (SSSR count). The van der Waals surface area contributed by atoms with E-state index in [2.05, 4.69) is 20.4 Å². The summed E-state index contributed by atoms with van der Waals surface area (Å²) in [7, 11) is 1.56. The molecule has 0 bridgehead atoms. The number of ether oxygens (including phenoxy) is 1. The van der Waals surface area contributed by atoms with Crippen LogP contribution < -0.4 is 15.4 Å². The number of hydrogen-bond acceptors (Lipinski definition) is 5. The summed E-state index contributed by atoms with van der Waals surface area (Å²) >= 11 is 6.02. The first-order valence-corrected chi connectivity index (χ1v) is 9.74. The van der Waals surface area contributed by atoms with Gasteiger partial charge in [-0.3, -0.25) is 19.4 Å². The van der Waals surface area contributed by atoms with E-state index < -0.39 is 0 Å². The number of hydrogen-bond donors (Lipinski definition) is 2. The number of nitrogens with one attached hydrogen (secondary N) is 2. The highest BCUT2D eigenvalue weighted by atomic mass is 35.5. The van der Waals surface area contributed by atoms with Gasteiger partial charge in [-0.15, -0.1) is 0 Å². The molecular weight excluding hydrogens is 368 g/mol. The lowest BCUT2D eigenvalue weighted by molar-refractivity contribution is -0.124. The van der Waals surface area contributed by atoms with Gasteiger partial charge in [-0.2, -0.15) is 0 Å². The van der Waals surface area contributed by atoms with Crippen molar-refractivity contribution in [3.8, 4) is 5.75 Å². The van der Waals surface area contributed by atoms with Gasteiger partial charge in [0, 0.05) is 37.2 Å². The molecule has 2 aliphatic rings. The maximum atomic E-state index is 12.6. The molecule has 7 nitrogen and oxygen atoms in total. The predicted octanol–water partition coefficient (Wildman–Crippen LogP) is 1.57. The standard InChI is InChI=1S/C19H27ClN4O3/c1-13(19(26)22-16-11-14(20)3-6-17(16)27-2)24-9-7-23(8-10-24)12-18(25)21-15-4-5-15/h3,6,11,13,15H,4-5,7-10,12H2,1-2H3,(H,21,25)(H,22,26). The number of amides is 2. The van der Waals surface area contributed by atoms with E-state index in [-0.39, 0.29) is 17.9 Å². The highest BCUT2D eigenvalue weighted by Gasteiger charge is 2.28. The normalized spacial score (nSPS) is 19.4. The smallest absolute Gasteiger partial charge is 0.241 e. The van der Waals surface area contributed by atoms with E-state index in [1.54, 1.807) is 25.3 Å². The molecule has 2 N–H and O–H groups in total. The van der Waals surface area contributed by atoms with E-state index in [9.17, 15) is 9.59 Å². The third-order valence-electron chi connectivity index (χ3n) is 5.06. The summed E-state index contributed by atoms with van der Waals surface area (Å²) in [5.74, 6) is 0.576. The maximum absolute atomic E-state index is 12.6. The number of anilines is 1. The lowest BCUT2D eigenvalue weighted by Crippen LogP contribution is -2.54. The van der Waals surface area contributed by atoms with Crippen LogP contribution in [-0.2, 0) is 9.59 Å². The largest absolute Gasteiger partial charge is 0.495 e. The van der Waals surface area contributed by atoms with Gasteiger partial charge in [0.05, 0.1) is 25.4 Å². The van der Waals surface area contributed by atoms with Gasteiger partial charge in [-0.25, -0.2) is 0 Å². The number of carbonyl (C=O) groups is 2. The van der Waals surface area contributed by atoms with Crippen molar-refractivity contribution in [3.63, 3.8) is 0 Å². The average Bonchev–Trinajstić information content (AvgIpc) is 3.45. The molecule has 1 heterocycles. The third-order valence-corrected chi connectivity index (χ3v) is 5.30. The van der Waals surface area contributed by atoms with E-state index >= 15 is 0 Å². The molecule has 0 radical (unpaired) electrons. The summed E-state index contributed by atoms with van der Waals surface area (Å²) in [5.41, 5.74) is 0.567. The Balaban J connectivity index is 1.48. The Morgan fingerprint density at radius 3 is 2.59 bits per heavy atom.